The smallest absolute Gasteiger partial charge is 0.326 e. The summed E-state index contributed by atoms with van der Waals surface area (Å²) in [5.74, 6) is -1.46. The lowest BCUT2D eigenvalue weighted by molar-refractivity contribution is -0.142. The molecule has 0 aromatic heterocycles. The lowest BCUT2D eigenvalue weighted by atomic mass is 9.98. The molecule has 0 aliphatic rings. The van der Waals surface area contributed by atoms with Gasteiger partial charge in [0.2, 0.25) is 5.91 Å². The topological polar surface area (TPSA) is 92.4 Å². The third-order valence-electron chi connectivity index (χ3n) is 3.46. The van der Waals surface area contributed by atoms with Crippen LogP contribution in [-0.4, -0.2) is 29.1 Å². The van der Waals surface area contributed by atoms with E-state index in [9.17, 15) is 14.7 Å². The van der Waals surface area contributed by atoms with Crippen LogP contribution in [0.4, 0.5) is 0 Å². The van der Waals surface area contributed by atoms with E-state index >= 15 is 0 Å². The predicted molar refractivity (Wildman–Crippen MR) is 77.1 cm³/mol. The van der Waals surface area contributed by atoms with Crippen LogP contribution in [0, 0.1) is 5.92 Å². The number of carboxylic acids is 1. The zero-order valence-electron chi connectivity index (χ0n) is 11.9. The predicted octanol–water partition coefficient (Wildman–Crippen LogP) is 1.17. The van der Waals surface area contributed by atoms with Gasteiger partial charge in [0.1, 0.15) is 6.04 Å². The van der Waals surface area contributed by atoms with Crippen molar-refractivity contribution in [2.45, 2.75) is 38.8 Å². The first-order valence-corrected chi connectivity index (χ1v) is 6.78. The third kappa shape index (κ3) is 4.66. The van der Waals surface area contributed by atoms with Crippen molar-refractivity contribution in [2.24, 2.45) is 11.7 Å². The van der Waals surface area contributed by atoms with E-state index in [1.165, 1.54) is 0 Å². The van der Waals surface area contributed by atoms with Crippen LogP contribution in [-0.2, 0) is 16.0 Å². The number of carbonyl (C=O) groups is 2. The summed E-state index contributed by atoms with van der Waals surface area (Å²) in [7, 11) is 0. The molecule has 3 atom stereocenters. The SMILES string of the molecule is CC[C@@H](C)[C@H](N)C(=O)N[C@@H](Cc1ccccc1)C(=O)O. The van der Waals surface area contributed by atoms with Crippen molar-refractivity contribution >= 4 is 11.9 Å². The van der Waals surface area contributed by atoms with Gasteiger partial charge in [-0.25, -0.2) is 4.79 Å². The molecule has 5 heteroatoms. The Balaban J connectivity index is 2.68. The highest BCUT2D eigenvalue weighted by molar-refractivity contribution is 5.87. The molecule has 0 aliphatic carbocycles. The highest BCUT2D eigenvalue weighted by Gasteiger charge is 2.25. The van der Waals surface area contributed by atoms with Crippen LogP contribution in [0.5, 0.6) is 0 Å². The number of aliphatic carboxylic acids is 1. The van der Waals surface area contributed by atoms with Crippen molar-refractivity contribution in [3.05, 3.63) is 35.9 Å². The third-order valence-corrected chi connectivity index (χ3v) is 3.46. The van der Waals surface area contributed by atoms with E-state index in [0.717, 1.165) is 12.0 Å². The largest absolute Gasteiger partial charge is 0.480 e. The monoisotopic (exact) mass is 278 g/mol. The first-order valence-electron chi connectivity index (χ1n) is 6.78. The highest BCUT2D eigenvalue weighted by Crippen LogP contribution is 2.07. The van der Waals surface area contributed by atoms with Gasteiger partial charge in [0.05, 0.1) is 6.04 Å². The maximum Gasteiger partial charge on any atom is 0.326 e. The summed E-state index contributed by atoms with van der Waals surface area (Å²) in [6.45, 7) is 3.81. The first kappa shape index (κ1) is 16.2. The molecule has 0 fully saturated rings. The van der Waals surface area contributed by atoms with Gasteiger partial charge in [-0.3, -0.25) is 4.79 Å². The zero-order chi connectivity index (χ0) is 15.1. The summed E-state index contributed by atoms with van der Waals surface area (Å²) < 4.78 is 0. The quantitative estimate of drug-likeness (QED) is 0.698. The van der Waals surface area contributed by atoms with Gasteiger partial charge < -0.3 is 16.2 Å². The minimum atomic E-state index is -1.06. The fourth-order valence-electron chi connectivity index (χ4n) is 1.83. The molecule has 0 bridgehead atoms. The van der Waals surface area contributed by atoms with Crippen molar-refractivity contribution in [3.63, 3.8) is 0 Å². The number of hydrogen-bond acceptors (Lipinski definition) is 3. The van der Waals surface area contributed by atoms with E-state index in [-0.39, 0.29) is 12.3 Å². The summed E-state index contributed by atoms with van der Waals surface area (Å²) in [5, 5.41) is 11.7. The van der Waals surface area contributed by atoms with E-state index in [2.05, 4.69) is 5.32 Å². The second kappa shape index (κ2) is 7.65. The molecule has 1 amide bonds. The molecule has 0 radical (unpaired) electrons. The second-order valence-corrected chi connectivity index (χ2v) is 5.00. The van der Waals surface area contributed by atoms with Gasteiger partial charge in [-0.05, 0) is 11.5 Å². The van der Waals surface area contributed by atoms with Crippen LogP contribution < -0.4 is 11.1 Å². The maximum atomic E-state index is 11.9. The molecule has 1 aromatic carbocycles. The number of carboxylic acid groups (broad SMARTS) is 1. The van der Waals surface area contributed by atoms with Crippen molar-refractivity contribution in [1.29, 1.82) is 0 Å². The number of benzene rings is 1. The molecule has 1 rings (SSSR count). The summed E-state index contributed by atoms with van der Waals surface area (Å²) in [5.41, 5.74) is 6.67. The minimum Gasteiger partial charge on any atom is -0.480 e. The van der Waals surface area contributed by atoms with Gasteiger partial charge in [-0.1, -0.05) is 50.6 Å². The average Bonchev–Trinajstić information content (AvgIpc) is 2.45. The lowest BCUT2D eigenvalue weighted by Crippen LogP contribution is -2.51. The molecule has 0 heterocycles. The van der Waals surface area contributed by atoms with Gasteiger partial charge in [-0.2, -0.15) is 0 Å². The molecular formula is C15H22N2O3. The van der Waals surface area contributed by atoms with Crippen molar-refractivity contribution in [3.8, 4) is 0 Å². The molecule has 0 saturated carbocycles. The molecule has 20 heavy (non-hydrogen) atoms. The number of carbonyl (C=O) groups excluding carboxylic acids is 1. The summed E-state index contributed by atoms with van der Waals surface area (Å²) >= 11 is 0. The highest BCUT2D eigenvalue weighted by atomic mass is 16.4. The van der Waals surface area contributed by atoms with Crippen LogP contribution in [0.25, 0.3) is 0 Å². The Morgan fingerprint density at radius 1 is 1.30 bits per heavy atom. The summed E-state index contributed by atoms with van der Waals surface area (Å²) in [4.78, 5) is 23.2. The van der Waals surface area contributed by atoms with E-state index in [4.69, 9.17) is 5.73 Å². The molecule has 110 valence electrons. The Kier molecular flexibility index (Phi) is 6.18. The van der Waals surface area contributed by atoms with Gasteiger partial charge in [0, 0.05) is 6.42 Å². The Bertz CT molecular complexity index is 448. The normalized spacial score (nSPS) is 15.2. The lowest BCUT2D eigenvalue weighted by Gasteiger charge is -2.21. The molecule has 0 spiro atoms. The van der Waals surface area contributed by atoms with Gasteiger partial charge in [0.25, 0.3) is 0 Å². The second-order valence-electron chi connectivity index (χ2n) is 5.00. The number of amides is 1. The van der Waals surface area contributed by atoms with E-state index in [1.54, 1.807) is 0 Å². The van der Waals surface area contributed by atoms with Gasteiger partial charge in [-0.15, -0.1) is 0 Å². The number of nitrogens with two attached hydrogens (primary N) is 1. The summed E-state index contributed by atoms with van der Waals surface area (Å²) in [6, 6.07) is 7.55. The zero-order valence-corrected chi connectivity index (χ0v) is 11.9. The fraction of sp³-hybridized carbons (Fsp3) is 0.467. The van der Waals surface area contributed by atoms with Crippen molar-refractivity contribution < 1.29 is 14.7 Å². The van der Waals surface area contributed by atoms with E-state index in [0.29, 0.717) is 0 Å². The van der Waals surface area contributed by atoms with Crippen LogP contribution in [0.2, 0.25) is 0 Å². The maximum absolute atomic E-state index is 11.9. The van der Waals surface area contributed by atoms with Crippen LogP contribution in [0.15, 0.2) is 30.3 Å². The molecule has 0 aliphatic heterocycles. The average molecular weight is 278 g/mol. The van der Waals surface area contributed by atoms with Crippen LogP contribution in [0.1, 0.15) is 25.8 Å². The van der Waals surface area contributed by atoms with Gasteiger partial charge >= 0.3 is 5.97 Å². The fourth-order valence-corrected chi connectivity index (χ4v) is 1.83. The number of hydrogen-bond donors (Lipinski definition) is 3. The minimum absolute atomic E-state index is 0.0150. The van der Waals surface area contributed by atoms with E-state index < -0.39 is 24.0 Å². The molecule has 5 nitrogen and oxygen atoms in total. The van der Waals surface area contributed by atoms with Crippen molar-refractivity contribution in [2.75, 3.05) is 0 Å². The standard InChI is InChI=1S/C15H22N2O3/c1-3-10(2)13(16)14(18)17-12(15(19)20)9-11-7-5-4-6-8-11/h4-8,10,12-13H,3,9,16H2,1-2H3,(H,17,18)(H,19,20)/t10-,12+,13+/m1/s1. The Morgan fingerprint density at radius 2 is 1.90 bits per heavy atom. The molecule has 0 unspecified atom stereocenters. The Morgan fingerprint density at radius 3 is 2.40 bits per heavy atom. The molecule has 1 aromatic rings. The molecular weight excluding hydrogens is 256 g/mol. The van der Waals surface area contributed by atoms with E-state index in [1.807, 2.05) is 44.2 Å². The first-order chi connectivity index (χ1) is 9.45. The van der Waals surface area contributed by atoms with Crippen LogP contribution >= 0.6 is 0 Å². The van der Waals surface area contributed by atoms with Gasteiger partial charge in [0.15, 0.2) is 0 Å². The molecule has 4 N–H and O–H groups in total. The molecule has 0 saturated heterocycles. The number of nitrogens with one attached hydrogen (secondary N) is 1. The summed E-state index contributed by atoms with van der Waals surface area (Å²) in [6.07, 6.45) is 1.01. The number of rotatable bonds is 7. The Hall–Kier alpha value is -1.88. The van der Waals surface area contributed by atoms with Crippen LogP contribution in [0.3, 0.4) is 0 Å². The Labute approximate surface area is 119 Å². The van der Waals surface area contributed by atoms with Crippen molar-refractivity contribution in [1.82, 2.24) is 5.32 Å².